The third-order valence-electron chi connectivity index (χ3n) is 5.88. The highest BCUT2D eigenvalue weighted by atomic mass is 19.3. The van der Waals surface area contributed by atoms with Gasteiger partial charge in [0, 0.05) is 36.5 Å². The standard InChI is InChI=1S/C24H25F2N3O/c1-3-4-14-29-15-12-19-21(16(2)28-22(19)23(29)30)17-8-10-18(11-9-17)24(25,26)20-7-5-6-13-27-20/h5-11,13,19H,3-4,12,14-15H2,1-2H3. The van der Waals surface area contributed by atoms with Crippen molar-refractivity contribution < 1.29 is 13.6 Å². The van der Waals surface area contributed by atoms with Gasteiger partial charge in [0.1, 0.15) is 11.4 Å². The predicted octanol–water partition coefficient (Wildman–Crippen LogP) is 5.06. The van der Waals surface area contributed by atoms with Gasteiger partial charge in [-0.3, -0.25) is 14.8 Å². The fourth-order valence-electron chi connectivity index (χ4n) is 4.26. The Morgan fingerprint density at radius 2 is 1.93 bits per heavy atom. The molecule has 1 aromatic heterocycles. The molecule has 4 rings (SSSR count). The van der Waals surface area contributed by atoms with Crippen LogP contribution in [0, 0.1) is 5.92 Å². The molecule has 2 aliphatic rings. The van der Waals surface area contributed by atoms with Gasteiger partial charge in [-0.2, -0.15) is 8.78 Å². The summed E-state index contributed by atoms with van der Waals surface area (Å²) in [4.78, 5) is 23.1. The number of unbranched alkanes of at least 4 members (excludes halogenated alkanes) is 1. The van der Waals surface area contributed by atoms with E-state index in [0.717, 1.165) is 42.6 Å². The maximum Gasteiger partial charge on any atom is 0.314 e. The van der Waals surface area contributed by atoms with Crippen LogP contribution in [0.4, 0.5) is 8.78 Å². The first-order valence-electron chi connectivity index (χ1n) is 10.4. The lowest BCUT2D eigenvalue weighted by Crippen LogP contribution is -2.45. The average molecular weight is 409 g/mol. The van der Waals surface area contributed by atoms with Crippen LogP contribution in [0.25, 0.3) is 5.57 Å². The fourth-order valence-corrected chi connectivity index (χ4v) is 4.26. The number of nitrogens with zero attached hydrogens (tertiary/aromatic N) is 3. The van der Waals surface area contributed by atoms with Gasteiger partial charge in [0.05, 0.1) is 0 Å². The third-order valence-corrected chi connectivity index (χ3v) is 5.88. The second kappa shape index (κ2) is 8.09. The molecule has 0 aliphatic carbocycles. The van der Waals surface area contributed by atoms with Gasteiger partial charge in [-0.15, -0.1) is 0 Å². The van der Waals surface area contributed by atoms with Crippen molar-refractivity contribution in [1.82, 2.24) is 9.88 Å². The largest absolute Gasteiger partial charge is 0.338 e. The summed E-state index contributed by atoms with van der Waals surface area (Å²) in [6.45, 7) is 5.46. The Bertz CT molecular complexity index is 997. The highest BCUT2D eigenvalue weighted by Crippen LogP contribution is 2.40. The molecule has 1 atom stereocenters. The summed E-state index contributed by atoms with van der Waals surface area (Å²) in [5.41, 5.74) is 2.82. The Kier molecular flexibility index (Phi) is 5.50. The zero-order valence-electron chi connectivity index (χ0n) is 17.2. The number of rotatable bonds is 6. The van der Waals surface area contributed by atoms with Gasteiger partial charge in [-0.25, -0.2) is 0 Å². The van der Waals surface area contributed by atoms with E-state index in [9.17, 15) is 13.6 Å². The molecule has 0 N–H and O–H groups in total. The number of amides is 1. The Labute approximate surface area is 175 Å². The minimum atomic E-state index is -3.17. The molecule has 30 heavy (non-hydrogen) atoms. The van der Waals surface area contributed by atoms with E-state index in [1.165, 1.54) is 24.4 Å². The second-order valence-corrected chi connectivity index (χ2v) is 7.85. The highest BCUT2D eigenvalue weighted by molar-refractivity contribution is 6.43. The van der Waals surface area contributed by atoms with Crippen LogP contribution in [0.1, 0.15) is 49.9 Å². The van der Waals surface area contributed by atoms with Crippen molar-refractivity contribution in [3.05, 3.63) is 71.2 Å². The SMILES string of the molecule is CCCCN1CCC2C(=NC(C)=C2c2ccc(C(F)(F)c3ccccn3)cc2)C1=O. The van der Waals surface area contributed by atoms with Crippen molar-refractivity contribution in [2.24, 2.45) is 10.9 Å². The zero-order valence-corrected chi connectivity index (χ0v) is 17.2. The van der Waals surface area contributed by atoms with E-state index in [2.05, 4.69) is 16.9 Å². The number of benzene rings is 1. The van der Waals surface area contributed by atoms with Crippen LogP contribution >= 0.6 is 0 Å². The fraction of sp³-hybridized carbons (Fsp3) is 0.375. The number of allylic oxidation sites excluding steroid dienone is 2. The lowest BCUT2D eigenvalue weighted by Gasteiger charge is -2.31. The number of carbonyl (C=O) groups excluding carboxylic acids is 1. The van der Waals surface area contributed by atoms with Gasteiger partial charge in [-0.05, 0) is 43.0 Å². The Morgan fingerprint density at radius 3 is 2.60 bits per heavy atom. The van der Waals surface area contributed by atoms with Crippen LogP contribution in [-0.2, 0) is 10.7 Å². The lowest BCUT2D eigenvalue weighted by molar-refractivity contribution is -0.125. The predicted molar refractivity (Wildman–Crippen MR) is 113 cm³/mol. The Morgan fingerprint density at radius 1 is 1.17 bits per heavy atom. The van der Waals surface area contributed by atoms with Crippen molar-refractivity contribution in [1.29, 1.82) is 0 Å². The molecule has 1 saturated heterocycles. The van der Waals surface area contributed by atoms with Crippen molar-refractivity contribution in [3.63, 3.8) is 0 Å². The number of piperidine rings is 1. The van der Waals surface area contributed by atoms with Gasteiger partial charge in [0.2, 0.25) is 0 Å². The summed E-state index contributed by atoms with van der Waals surface area (Å²) in [5, 5.41) is 0. The number of alkyl halides is 2. The Hall–Kier alpha value is -2.89. The molecule has 2 aliphatic heterocycles. The summed E-state index contributed by atoms with van der Waals surface area (Å²) in [6.07, 6.45) is 4.20. The molecule has 1 unspecified atom stereocenters. The quantitative estimate of drug-likeness (QED) is 0.670. The van der Waals surface area contributed by atoms with Crippen LogP contribution in [0.2, 0.25) is 0 Å². The molecular formula is C24H25F2N3O. The normalized spacial score (nSPS) is 19.2. The van der Waals surface area contributed by atoms with Gasteiger partial charge >= 0.3 is 5.92 Å². The van der Waals surface area contributed by atoms with Crippen molar-refractivity contribution in [3.8, 4) is 0 Å². The maximum atomic E-state index is 14.8. The number of hydrogen-bond acceptors (Lipinski definition) is 3. The summed E-state index contributed by atoms with van der Waals surface area (Å²) in [5.74, 6) is -3.22. The molecule has 0 saturated carbocycles. The van der Waals surface area contributed by atoms with E-state index < -0.39 is 5.92 Å². The average Bonchev–Trinajstić information content (AvgIpc) is 3.11. The lowest BCUT2D eigenvalue weighted by atomic mass is 9.84. The van der Waals surface area contributed by atoms with E-state index in [-0.39, 0.29) is 23.1 Å². The molecule has 1 fully saturated rings. The smallest absolute Gasteiger partial charge is 0.314 e. The number of hydrogen-bond donors (Lipinski definition) is 0. The summed E-state index contributed by atoms with van der Waals surface area (Å²) >= 11 is 0. The molecule has 4 nitrogen and oxygen atoms in total. The maximum absolute atomic E-state index is 14.8. The zero-order chi connectivity index (χ0) is 21.3. The van der Waals surface area contributed by atoms with Crippen molar-refractivity contribution in [2.75, 3.05) is 13.1 Å². The first kappa shape index (κ1) is 20.4. The molecule has 0 spiro atoms. The first-order chi connectivity index (χ1) is 14.4. The summed E-state index contributed by atoms with van der Waals surface area (Å²) in [7, 11) is 0. The molecule has 0 bridgehead atoms. The van der Waals surface area contributed by atoms with E-state index >= 15 is 0 Å². The van der Waals surface area contributed by atoms with E-state index in [1.807, 2.05) is 11.8 Å². The summed E-state index contributed by atoms with van der Waals surface area (Å²) < 4.78 is 29.6. The molecule has 3 heterocycles. The minimum Gasteiger partial charge on any atom is -0.338 e. The van der Waals surface area contributed by atoms with Gasteiger partial charge in [0.25, 0.3) is 5.91 Å². The number of aliphatic imine (C=N–C) groups is 1. The first-order valence-corrected chi connectivity index (χ1v) is 10.4. The van der Waals surface area contributed by atoms with Crippen molar-refractivity contribution >= 4 is 17.2 Å². The molecule has 156 valence electrons. The third kappa shape index (κ3) is 3.55. The van der Waals surface area contributed by atoms with Gasteiger partial charge in [0.15, 0.2) is 0 Å². The van der Waals surface area contributed by atoms with Crippen molar-refractivity contribution in [2.45, 2.75) is 39.0 Å². The molecular weight excluding hydrogens is 384 g/mol. The number of aromatic nitrogens is 1. The second-order valence-electron chi connectivity index (χ2n) is 7.85. The molecule has 1 amide bonds. The summed E-state index contributed by atoms with van der Waals surface area (Å²) in [6, 6.07) is 10.8. The van der Waals surface area contributed by atoms with Crippen LogP contribution in [-0.4, -0.2) is 34.6 Å². The van der Waals surface area contributed by atoms with Crippen LogP contribution in [0.3, 0.4) is 0 Å². The van der Waals surface area contributed by atoms with Crippen LogP contribution < -0.4 is 0 Å². The minimum absolute atomic E-state index is 0.00681. The number of carbonyl (C=O) groups is 1. The van der Waals surface area contributed by atoms with Crippen LogP contribution in [0.5, 0.6) is 0 Å². The monoisotopic (exact) mass is 409 g/mol. The van der Waals surface area contributed by atoms with Gasteiger partial charge < -0.3 is 4.90 Å². The molecule has 6 heteroatoms. The molecule has 2 aromatic rings. The number of likely N-dealkylation sites (tertiary alicyclic amines) is 1. The van der Waals surface area contributed by atoms with E-state index in [4.69, 9.17) is 0 Å². The Balaban J connectivity index is 1.56. The topological polar surface area (TPSA) is 45.6 Å². The van der Waals surface area contributed by atoms with E-state index in [1.54, 1.807) is 24.3 Å². The van der Waals surface area contributed by atoms with Crippen LogP contribution in [0.15, 0.2) is 59.4 Å². The molecule has 0 radical (unpaired) electrons. The number of fused-ring (bicyclic) bond motifs is 1. The molecule has 1 aromatic carbocycles. The number of halogens is 2. The highest BCUT2D eigenvalue weighted by Gasteiger charge is 2.40. The van der Waals surface area contributed by atoms with Gasteiger partial charge in [-0.1, -0.05) is 43.7 Å². The number of pyridine rings is 1. The van der Waals surface area contributed by atoms with E-state index in [0.29, 0.717) is 12.3 Å².